The van der Waals surface area contributed by atoms with Gasteiger partial charge >= 0.3 is 12.7 Å². The van der Waals surface area contributed by atoms with E-state index in [-0.39, 0.29) is 43.2 Å². The van der Waals surface area contributed by atoms with Crippen molar-refractivity contribution in [3.05, 3.63) is 29.7 Å². The molecule has 1 N–H and O–H groups in total. The second kappa shape index (κ2) is 7.21. The topological polar surface area (TPSA) is 104 Å². The van der Waals surface area contributed by atoms with Crippen LogP contribution in [0.4, 0.5) is 26.3 Å². The first-order chi connectivity index (χ1) is 16.8. The number of halogens is 6. The van der Waals surface area contributed by atoms with Crippen LogP contribution in [0.25, 0.3) is 0 Å². The fourth-order valence-corrected chi connectivity index (χ4v) is 5.90. The van der Waals surface area contributed by atoms with Crippen molar-refractivity contribution in [1.82, 2.24) is 25.3 Å². The molecule has 9 nitrogen and oxygen atoms in total. The third-order valence-electron chi connectivity index (χ3n) is 7.83. The number of aromatic nitrogens is 4. The first-order valence-corrected chi connectivity index (χ1v) is 11.5. The Labute approximate surface area is 199 Å². The molecule has 2 aromatic rings. The van der Waals surface area contributed by atoms with E-state index in [1.165, 1.54) is 12.3 Å². The summed E-state index contributed by atoms with van der Waals surface area (Å²) in [6.07, 6.45) is -5.42. The Balaban J connectivity index is 1.09. The molecule has 5 saturated carbocycles. The molecule has 1 amide bonds. The van der Waals surface area contributed by atoms with Crippen LogP contribution in [-0.4, -0.2) is 44.1 Å². The van der Waals surface area contributed by atoms with E-state index in [0.29, 0.717) is 32.1 Å². The molecule has 7 rings (SSSR count). The van der Waals surface area contributed by atoms with Crippen LogP contribution in [0.3, 0.4) is 0 Å². The summed E-state index contributed by atoms with van der Waals surface area (Å²) in [5.74, 6) is -0.520. The van der Waals surface area contributed by atoms with Gasteiger partial charge < -0.3 is 9.73 Å². The van der Waals surface area contributed by atoms with Crippen LogP contribution in [0.1, 0.15) is 80.1 Å². The van der Waals surface area contributed by atoms with Gasteiger partial charge in [0.25, 0.3) is 5.91 Å². The first-order valence-electron chi connectivity index (χ1n) is 11.5. The number of hydrogen-bond donors (Lipinski definition) is 1. The van der Waals surface area contributed by atoms with Crippen LogP contribution >= 0.6 is 0 Å². The van der Waals surface area contributed by atoms with Crippen molar-refractivity contribution >= 4 is 5.91 Å². The molecule has 0 aliphatic heterocycles. The van der Waals surface area contributed by atoms with Gasteiger partial charge in [-0.05, 0) is 63.9 Å². The summed E-state index contributed by atoms with van der Waals surface area (Å²) in [5, 5.41) is 14.7. The van der Waals surface area contributed by atoms with Crippen LogP contribution in [0.2, 0.25) is 0 Å². The SMILES string of the molecule is O=C(NC12CC(c3nnc(C4(OC(F)(F)F)CCC4)o3)(C1)C2)c1ccn(C2(OC(F)(F)F)CCC2)n1. The quantitative estimate of drug-likeness (QED) is 0.546. The van der Waals surface area contributed by atoms with Crippen molar-refractivity contribution in [3.8, 4) is 0 Å². The number of hydrogen-bond acceptors (Lipinski definition) is 7. The predicted molar refractivity (Wildman–Crippen MR) is 104 cm³/mol. The van der Waals surface area contributed by atoms with E-state index < -0.39 is 40.9 Å². The number of carbonyl (C=O) groups is 1. The van der Waals surface area contributed by atoms with Gasteiger partial charge in [0, 0.05) is 11.7 Å². The molecule has 5 aliphatic rings. The lowest BCUT2D eigenvalue weighted by Gasteiger charge is -2.68. The van der Waals surface area contributed by atoms with E-state index in [4.69, 9.17) is 4.42 Å². The normalized spacial score (nSPS) is 29.9. The minimum absolute atomic E-state index is 0.0397. The van der Waals surface area contributed by atoms with E-state index in [1.807, 2.05) is 0 Å². The second-order valence-corrected chi connectivity index (χ2v) is 10.3. The van der Waals surface area contributed by atoms with Crippen molar-refractivity contribution in [2.45, 2.75) is 92.8 Å². The second-order valence-electron chi connectivity index (χ2n) is 10.3. The summed E-state index contributed by atoms with van der Waals surface area (Å²) in [6.45, 7) is 0. The predicted octanol–water partition coefficient (Wildman–Crippen LogP) is 4.16. The number of carbonyl (C=O) groups excluding carboxylic acids is 1. The highest BCUT2D eigenvalue weighted by molar-refractivity contribution is 5.93. The molecule has 2 bridgehead atoms. The third-order valence-corrected chi connectivity index (χ3v) is 7.83. The van der Waals surface area contributed by atoms with Crippen LogP contribution in [0.5, 0.6) is 0 Å². The Kier molecular flexibility index (Phi) is 4.75. The minimum atomic E-state index is -4.83. The van der Waals surface area contributed by atoms with E-state index in [1.54, 1.807) is 0 Å². The minimum Gasteiger partial charge on any atom is -0.421 e. The molecule has 5 aliphatic carbocycles. The summed E-state index contributed by atoms with van der Waals surface area (Å²) >= 11 is 0. The lowest BCUT2D eigenvalue weighted by atomic mass is 9.39. The molecule has 0 radical (unpaired) electrons. The van der Waals surface area contributed by atoms with E-state index in [2.05, 4.69) is 30.1 Å². The van der Waals surface area contributed by atoms with Crippen LogP contribution in [0.15, 0.2) is 16.7 Å². The van der Waals surface area contributed by atoms with Gasteiger partial charge in [0.1, 0.15) is 5.69 Å². The zero-order valence-corrected chi connectivity index (χ0v) is 18.7. The van der Waals surface area contributed by atoms with Gasteiger partial charge in [-0.2, -0.15) is 5.10 Å². The van der Waals surface area contributed by atoms with E-state index in [0.717, 1.165) is 4.68 Å². The average molecular weight is 521 g/mol. The average Bonchev–Trinajstić information content (AvgIpc) is 3.31. The molecule has 0 spiro atoms. The molecule has 0 saturated heterocycles. The Morgan fingerprint density at radius 2 is 1.56 bits per heavy atom. The lowest BCUT2D eigenvalue weighted by molar-refractivity contribution is -0.402. The molecule has 15 heteroatoms. The van der Waals surface area contributed by atoms with Crippen molar-refractivity contribution < 1.29 is 45.0 Å². The van der Waals surface area contributed by atoms with Gasteiger partial charge in [-0.15, -0.1) is 36.5 Å². The smallest absolute Gasteiger partial charge is 0.421 e. The van der Waals surface area contributed by atoms with Crippen LogP contribution in [0, 0.1) is 0 Å². The molecular formula is C21H21F6N5O4. The van der Waals surface area contributed by atoms with Crippen molar-refractivity contribution in [2.24, 2.45) is 0 Å². The van der Waals surface area contributed by atoms with Gasteiger partial charge in [-0.3, -0.25) is 14.3 Å². The number of nitrogens with zero attached hydrogens (tertiary/aromatic N) is 4. The summed E-state index contributed by atoms with van der Waals surface area (Å²) < 4.78 is 92.3. The third kappa shape index (κ3) is 3.69. The lowest BCUT2D eigenvalue weighted by Crippen LogP contribution is -2.76. The molecule has 36 heavy (non-hydrogen) atoms. The first kappa shape index (κ1) is 23.7. The molecule has 0 atom stereocenters. The van der Waals surface area contributed by atoms with Crippen LogP contribution in [-0.2, 0) is 26.2 Å². The van der Waals surface area contributed by atoms with Crippen molar-refractivity contribution in [1.29, 1.82) is 0 Å². The number of nitrogens with one attached hydrogen (secondary N) is 1. The molecule has 0 aromatic carbocycles. The fraction of sp³-hybridized carbons (Fsp3) is 0.714. The maximum Gasteiger partial charge on any atom is 0.524 e. The zero-order chi connectivity index (χ0) is 25.6. The van der Waals surface area contributed by atoms with Gasteiger partial charge in [-0.1, -0.05) is 0 Å². The van der Waals surface area contributed by atoms with Gasteiger partial charge in [0.05, 0.1) is 5.41 Å². The van der Waals surface area contributed by atoms with Gasteiger partial charge in [0.2, 0.25) is 11.8 Å². The Bertz CT molecular complexity index is 1180. The Morgan fingerprint density at radius 3 is 2.08 bits per heavy atom. The summed E-state index contributed by atoms with van der Waals surface area (Å²) in [6, 6.07) is 1.33. The molecular weight excluding hydrogens is 500 g/mol. The monoisotopic (exact) mass is 521 g/mol. The maximum atomic E-state index is 12.8. The standard InChI is InChI=1S/C21H21F6N5O4/c22-20(23,24)35-18(4-1-5-18)15-30-29-14(34-15)16-9-17(10-16,11-16)28-13(33)12-3-8-32(31-12)19(6-2-7-19)36-21(25,26)27/h3,8H,1-2,4-7,9-11H2,(H,28,33). The highest BCUT2D eigenvalue weighted by atomic mass is 19.4. The number of amides is 1. The molecule has 5 fully saturated rings. The Morgan fingerprint density at radius 1 is 0.944 bits per heavy atom. The van der Waals surface area contributed by atoms with Crippen molar-refractivity contribution in [3.63, 3.8) is 0 Å². The number of rotatable bonds is 7. The number of alkyl halides is 6. The highest BCUT2D eigenvalue weighted by Crippen LogP contribution is 2.67. The summed E-state index contributed by atoms with van der Waals surface area (Å²) in [4.78, 5) is 12.7. The maximum absolute atomic E-state index is 12.8. The zero-order valence-electron chi connectivity index (χ0n) is 18.7. The number of ether oxygens (including phenoxy) is 2. The van der Waals surface area contributed by atoms with Crippen LogP contribution < -0.4 is 5.32 Å². The molecule has 196 valence electrons. The highest BCUT2D eigenvalue weighted by Gasteiger charge is 2.72. The largest absolute Gasteiger partial charge is 0.524 e. The van der Waals surface area contributed by atoms with Crippen molar-refractivity contribution in [2.75, 3.05) is 0 Å². The van der Waals surface area contributed by atoms with Gasteiger partial charge in [0.15, 0.2) is 11.3 Å². The van der Waals surface area contributed by atoms with Gasteiger partial charge in [-0.25, -0.2) is 4.68 Å². The summed E-state index contributed by atoms with van der Waals surface area (Å²) in [5.41, 5.74) is -4.42. The summed E-state index contributed by atoms with van der Waals surface area (Å²) in [7, 11) is 0. The van der Waals surface area contributed by atoms with E-state index >= 15 is 0 Å². The fourth-order valence-electron chi connectivity index (χ4n) is 5.90. The Hall–Kier alpha value is -2.68. The molecule has 2 aromatic heterocycles. The van der Waals surface area contributed by atoms with E-state index in [9.17, 15) is 31.1 Å². The molecule has 2 heterocycles. The molecule has 0 unspecified atom stereocenters.